The number of benzene rings is 2. The summed E-state index contributed by atoms with van der Waals surface area (Å²) in [6.45, 7) is 2.10. The summed E-state index contributed by atoms with van der Waals surface area (Å²) in [5.74, 6) is -0.313. The zero-order valence-electron chi connectivity index (χ0n) is 13.6. The minimum Gasteiger partial charge on any atom is -0.497 e. The second-order valence-corrected chi connectivity index (χ2v) is 5.38. The van der Waals surface area contributed by atoms with Gasteiger partial charge in [0.15, 0.2) is 5.69 Å². The van der Waals surface area contributed by atoms with Gasteiger partial charge < -0.3 is 9.84 Å². The van der Waals surface area contributed by atoms with E-state index in [1.807, 2.05) is 48.5 Å². The van der Waals surface area contributed by atoms with E-state index in [1.165, 1.54) is 5.56 Å². The molecule has 0 saturated heterocycles. The second-order valence-electron chi connectivity index (χ2n) is 5.38. The third-order valence-electron chi connectivity index (χ3n) is 3.90. The van der Waals surface area contributed by atoms with Gasteiger partial charge in [-0.15, -0.1) is 0 Å². The minimum atomic E-state index is -1.05. The average molecular weight is 322 g/mol. The zero-order chi connectivity index (χ0) is 17.1. The average Bonchev–Trinajstić information content (AvgIpc) is 3.07. The highest BCUT2D eigenvalue weighted by Crippen LogP contribution is 2.25. The highest BCUT2D eigenvalue weighted by Gasteiger charge is 2.16. The van der Waals surface area contributed by atoms with Crippen LogP contribution in [-0.4, -0.2) is 28.0 Å². The predicted octanol–water partition coefficient (Wildman–Crippen LogP) is 3.81. The molecule has 24 heavy (non-hydrogen) atoms. The molecule has 3 aromatic rings. The number of rotatable bonds is 5. The van der Waals surface area contributed by atoms with Crippen molar-refractivity contribution in [1.82, 2.24) is 9.78 Å². The van der Waals surface area contributed by atoms with Crippen LogP contribution in [0.15, 0.2) is 54.6 Å². The third-order valence-corrected chi connectivity index (χ3v) is 3.90. The van der Waals surface area contributed by atoms with Gasteiger partial charge in [0.25, 0.3) is 0 Å². The lowest BCUT2D eigenvalue weighted by molar-refractivity contribution is 0.0690. The van der Waals surface area contributed by atoms with Gasteiger partial charge in [-0.1, -0.05) is 31.2 Å². The Hall–Kier alpha value is -3.08. The van der Waals surface area contributed by atoms with E-state index in [0.29, 0.717) is 0 Å². The summed E-state index contributed by atoms with van der Waals surface area (Å²) < 4.78 is 6.81. The number of methoxy groups -OCH3 is 1. The molecule has 122 valence electrons. The number of aromatic nitrogens is 2. The Morgan fingerprint density at radius 1 is 1.12 bits per heavy atom. The molecule has 0 atom stereocenters. The highest BCUT2D eigenvalue weighted by atomic mass is 16.5. The maximum atomic E-state index is 11.3. The van der Waals surface area contributed by atoms with E-state index in [-0.39, 0.29) is 5.69 Å². The van der Waals surface area contributed by atoms with Crippen molar-refractivity contribution in [3.05, 3.63) is 65.9 Å². The third kappa shape index (κ3) is 3.01. The van der Waals surface area contributed by atoms with Crippen LogP contribution in [0.5, 0.6) is 5.75 Å². The first kappa shape index (κ1) is 15.8. The lowest BCUT2D eigenvalue weighted by Crippen LogP contribution is -2.02. The molecule has 1 N–H and O–H groups in total. The van der Waals surface area contributed by atoms with Crippen molar-refractivity contribution in [3.8, 4) is 22.7 Å². The molecule has 0 saturated carbocycles. The van der Waals surface area contributed by atoms with Crippen molar-refractivity contribution < 1.29 is 14.6 Å². The summed E-state index contributed by atoms with van der Waals surface area (Å²) in [6.07, 6.45) is 0.957. The number of aromatic carboxylic acids is 1. The minimum absolute atomic E-state index is 0.0142. The van der Waals surface area contributed by atoms with Crippen molar-refractivity contribution in [1.29, 1.82) is 0 Å². The molecule has 0 radical (unpaired) electrons. The van der Waals surface area contributed by atoms with Crippen molar-refractivity contribution in [2.24, 2.45) is 0 Å². The summed E-state index contributed by atoms with van der Waals surface area (Å²) in [7, 11) is 1.60. The number of carbonyl (C=O) groups is 1. The van der Waals surface area contributed by atoms with Gasteiger partial charge in [0.05, 0.1) is 18.5 Å². The summed E-state index contributed by atoms with van der Waals surface area (Å²) in [5.41, 5.74) is 3.68. The van der Waals surface area contributed by atoms with E-state index in [2.05, 4.69) is 12.0 Å². The topological polar surface area (TPSA) is 64.3 Å². The highest BCUT2D eigenvalue weighted by molar-refractivity contribution is 5.87. The summed E-state index contributed by atoms with van der Waals surface area (Å²) >= 11 is 0. The molecule has 0 aliphatic heterocycles. The molecule has 3 rings (SSSR count). The second kappa shape index (κ2) is 6.58. The number of nitrogens with zero attached hydrogens (tertiary/aromatic N) is 2. The number of aryl methyl sites for hydroxylation is 1. The van der Waals surface area contributed by atoms with Crippen LogP contribution in [0.3, 0.4) is 0 Å². The van der Waals surface area contributed by atoms with E-state index in [4.69, 9.17) is 4.74 Å². The maximum absolute atomic E-state index is 11.3. The molecular formula is C19H18N2O3. The molecule has 0 aliphatic carbocycles. The van der Waals surface area contributed by atoms with E-state index in [1.54, 1.807) is 17.9 Å². The van der Waals surface area contributed by atoms with Gasteiger partial charge in [0.2, 0.25) is 0 Å². The van der Waals surface area contributed by atoms with Gasteiger partial charge in [0.1, 0.15) is 5.75 Å². The quantitative estimate of drug-likeness (QED) is 0.776. The normalized spacial score (nSPS) is 10.6. The van der Waals surface area contributed by atoms with Crippen molar-refractivity contribution in [2.75, 3.05) is 7.11 Å². The predicted molar refractivity (Wildman–Crippen MR) is 91.9 cm³/mol. The van der Waals surface area contributed by atoms with Crippen LogP contribution in [0.1, 0.15) is 23.0 Å². The molecular weight excluding hydrogens is 304 g/mol. The Kier molecular flexibility index (Phi) is 4.33. The van der Waals surface area contributed by atoms with Gasteiger partial charge in [-0.3, -0.25) is 0 Å². The van der Waals surface area contributed by atoms with Crippen molar-refractivity contribution >= 4 is 5.97 Å². The number of carboxylic acids is 1. The Balaban J connectivity index is 2.10. The van der Waals surface area contributed by atoms with Gasteiger partial charge in [0, 0.05) is 5.56 Å². The molecule has 0 fully saturated rings. The van der Waals surface area contributed by atoms with Crippen molar-refractivity contribution in [2.45, 2.75) is 13.3 Å². The number of ether oxygens (including phenoxy) is 1. The molecule has 1 aromatic heterocycles. The molecule has 0 amide bonds. The van der Waals surface area contributed by atoms with E-state index in [9.17, 15) is 9.90 Å². The molecule has 0 bridgehead atoms. The van der Waals surface area contributed by atoms with Crippen LogP contribution >= 0.6 is 0 Å². The fraction of sp³-hybridized carbons (Fsp3) is 0.158. The first-order valence-electron chi connectivity index (χ1n) is 7.69. The molecule has 0 unspecified atom stereocenters. The van der Waals surface area contributed by atoms with E-state index < -0.39 is 5.97 Å². The molecule has 0 spiro atoms. The van der Waals surface area contributed by atoms with Gasteiger partial charge >= 0.3 is 5.97 Å². The molecule has 0 aliphatic rings. The summed E-state index contributed by atoms with van der Waals surface area (Å²) in [4.78, 5) is 11.3. The van der Waals surface area contributed by atoms with E-state index >= 15 is 0 Å². The Bertz CT molecular complexity index is 784. The lowest BCUT2D eigenvalue weighted by Gasteiger charge is -2.09. The standard InChI is InChI=1S/C19H18N2O3/c1-3-13-4-6-14(7-5-13)18-12-17(19(22)23)20-21(18)15-8-10-16(24-2)11-9-15/h4-12H,3H2,1-2H3,(H,22,23). The Labute approximate surface area is 140 Å². The molecule has 5 heteroatoms. The number of hydrogen-bond donors (Lipinski definition) is 1. The fourth-order valence-corrected chi connectivity index (χ4v) is 2.52. The van der Waals surface area contributed by atoms with Crippen LogP contribution < -0.4 is 4.74 Å². The van der Waals surface area contributed by atoms with E-state index in [0.717, 1.165) is 29.1 Å². The van der Waals surface area contributed by atoms with Crippen LogP contribution in [0, 0.1) is 0 Å². The SMILES string of the molecule is CCc1ccc(-c2cc(C(=O)O)nn2-c2ccc(OC)cc2)cc1. The smallest absolute Gasteiger partial charge is 0.356 e. The van der Waals surface area contributed by atoms with Gasteiger partial charge in [-0.05, 0) is 42.3 Å². The Morgan fingerprint density at radius 3 is 2.33 bits per heavy atom. The van der Waals surface area contributed by atoms with Gasteiger partial charge in [-0.25, -0.2) is 9.48 Å². The zero-order valence-corrected chi connectivity index (χ0v) is 13.6. The van der Waals surface area contributed by atoms with Crippen LogP contribution in [0.25, 0.3) is 16.9 Å². The van der Waals surface area contributed by atoms with Crippen molar-refractivity contribution in [3.63, 3.8) is 0 Å². The Morgan fingerprint density at radius 2 is 1.79 bits per heavy atom. The van der Waals surface area contributed by atoms with Crippen LogP contribution in [0.2, 0.25) is 0 Å². The molecule has 2 aromatic carbocycles. The monoisotopic (exact) mass is 322 g/mol. The largest absolute Gasteiger partial charge is 0.497 e. The molecule has 5 nitrogen and oxygen atoms in total. The van der Waals surface area contributed by atoms with Gasteiger partial charge in [-0.2, -0.15) is 5.10 Å². The first-order chi connectivity index (χ1) is 11.6. The van der Waals surface area contributed by atoms with Crippen LogP contribution in [0.4, 0.5) is 0 Å². The number of carboxylic acid groups (broad SMARTS) is 1. The molecule has 1 heterocycles. The summed E-state index contributed by atoms with van der Waals surface area (Å²) in [5, 5.41) is 13.5. The number of hydrogen-bond acceptors (Lipinski definition) is 3. The van der Waals surface area contributed by atoms with Crippen LogP contribution in [-0.2, 0) is 6.42 Å². The maximum Gasteiger partial charge on any atom is 0.356 e. The first-order valence-corrected chi connectivity index (χ1v) is 7.69. The fourth-order valence-electron chi connectivity index (χ4n) is 2.52. The summed E-state index contributed by atoms with van der Waals surface area (Å²) in [6, 6.07) is 17.0. The lowest BCUT2D eigenvalue weighted by atomic mass is 10.1.